The average molecular weight is 446 g/mol. The number of benzene rings is 2. The minimum Gasteiger partial charge on any atom is -0.454 e. The summed E-state index contributed by atoms with van der Waals surface area (Å²) in [5.41, 5.74) is 3.03. The molecule has 2 aliphatic rings. The van der Waals surface area contributed by atoms with Crippen molar-refractivity contribution in [2.45, 2.75) is 19.5 Å². The van der Waals surface area contributed by atoms with Crippen molar-refractivity contribution in [1.29, 1.82) is 5.26 Å². The summed E-state index contributed by atoms with van der Waals surface area (Å²) in [6.45, 7) is 2.50. The Kier molecular flexibility index (Phi) is 5.31. The van der Waals surface area contributed by atoms with E-state index >= 15 is 0 Å². The zero-order chi connectivity index (χ0) is 22.1. The van der Waals surface area contributed by atoms with Crippen LogP contribution in [0.2, 0.25) is 0 Å². The number of aliphatic imine (C=N–C) groups is 1. The summed E-state index contributed by atoms with van der Waals surface area (Å²) >= 11 is 1.47. The summed E-state index contributed by atoms with van der Waals surface area (Å²) in [6, 6.07) is 15.5. The highest BCUT2D eigenvalue weighted by Crippen LogP contribution is 2.40. The van der Waals surface area contributed by atoms with Crippen LogP contribution in [0.4, 0.5) is 10.7 Å². The molecule has 3 aromatic rings. The van der Waals surface area contributed by atoms with Gasteiger partial charge in [-0.15, -0.1) is 11.3 Å². The van der Waals surface area contributed by atoms with Gasteiger partial charge in [0.1, 0.15) is 11.1 Å². The van der Waals surface area contributed by atoms with Crippen LogP contribution in [0.25, 0.3) is 0 Å². The monoisotopic (exact) mass is 446 g/mol. The highest BCUT2D eigenvalue weighted by Gasteiger charge is 2.25. The van der Waals surface area contributed by atoms with Crippen molar-refractivity contribution in [2.24, 2.45) is 4.99 Å². The quantitative estimate of drug-likeness (QED) is 0.323. The summed E-state index contributed by atoms with van der Waals surface area (Å²) in [6.07, 6.45) is 2.21. The molecule has 0 radical (unpaired) electrons. The van der Waals surface area contributed by atoms with E-state index in [0.29, 0.717) is 27.6 Å². The Morgan fingerprint density at radius 2 is 2.03 bits per heavy atom. The SMILES string of the molecule is N#Cc1c(N=Cc2cc3c(cc2[N+](=O)[O-])OCO3)sc2c1CCN(Cc1ccccc1)C2. The lowest BCUT2D eigenvalue weighted by molar-refractivity contribution is -0.385. The standard InChI is InChI=1S/C23H18N4O4S/c24-10-18-17-6-7-26(12-15-4-2-1-3-5-15)13-22(17)32-23(18)25-11-16-8-20-21(31-14-30-20)9-19(16)27(28)29/h1-5,8-9,11H,6-7,12-14H2. The van der Waals surface area contributed by atoms with Crippen molar-refractivity contribution in [2.75, 3.05) is 13.3 Å². The minimum atomic E-state index is -0.477. The number of rotatable bonds is 5. The normalized spacial score (nSPS) is 15.0. The molecule has 3 heterocycles. The molecular weight excluding hydrogens is 428 g/mol. The van der Waals surface area contributed by atoms with Crippen molar-refractivity contribution in [3.05, 3.63) is 79.7 Å². The van der Waals surface area contributed by atoms with Crippen molar-refractivity contribution in [3.63, 3.8) is 0 Å². The first-order chi connectivity index (χ1) is 15.6. The van der Waals surface area contributed by atoms with Gasteiger partial charge in [-0.05, 0) is 23.6 Å². The maximum Gasteiger partial charge on any atom is 0.282 e. The van der Waals surface area contributed by atoms with Gasteiger partial charge in [0.05, 0.1) is 22.1 Å². The number of nitrogens with zero attached hydrogens (tertiary/aromatic N) is 4. The van der Waals surface area contributed by atoms with Gasteiger partial charge in [0.25, 0.3) is 5.69 Å². The van der Waals surface area contributed by atoms with Crippen LogP contribution < -0.4 is 9.47 Å². The predicted octanol–water partition coefficient (Wildman–Crippen LogP) is 4.57. The van der Waals surface area contributed by atoms with Gasteiger partial charge in [0, 0.05) is 30.7 Å². The summed E-state index contributed by atoms with van der Waals surface area (Å²) in [5, 5.41) is 21.8. The molecule has 32 heavy (non-hydrogen) atoms. The third kappa shape index (κ3) is 3.82. The molecule has 0 saturated carbocycles. The third-order valence-corrected chi connectivity index (χ3v) is 6.64. The van der Waals surface area contributed by atoms with E-state index in [1.54, 1.807) is 6.07 Å². The lowest BCUT2D eigenvalue weighted by Gasteiger charge is -2.26. The Morgan fingerprint density at radius 3 is 2.78 bits per heavy atom. The van der Waals surface area contributed by atoms with Crippen molar-refractivity contribution >= 4 is 28.2 Å². The molecule has 2 aliphatic heterocycles. The van der Waals surface area contributed by atoms with E-state index in [4.69, 9.17) is 9.47 Å². The third-order valence-electron chi connectivity index (χ3n) is 5.52. The van der Waals surface area contributed by atoms with Crippen LogP contribution in [0.3, 0.4) is 0 Å². The highest BCUT2D eigenvalue weighted by molar-refractivity contribution is 7.16. The van der Waals surface area contributed by atoms with Gasteiger partial charge >= 0.3 is 0 Å². The average Bonchev–Trinajstić information content (AvgIpc) is 3.40. The number of hydrogen-bond donors (Lipinski definition) is 0. The van der Waals surface area contributed by atoms with Crippen LogP contribution in [0.1, 0.15) is 27.1 Å². The van der Waals surface area contributed by atoms with Gasteiger partial charge in [-0.3, -0.25) is 15.0 Å². The van der Waals surface area contributed by atoms with Gasteiger partial charge in [0.15, 0.2) is 11.5 Å². The Balaban J connectivity index is 1.42. The van der Waals surface area contributed by atoms with Crippen molar-refractivity contribution in [1.82, 2.24) is 4.90 Å². The molecule has 9 heteroatoms. The van der Waals surface area contributed by atoms with E-state index in [1.807, 2.05) is 18.2 Å². The van der Waals surface area contributed by atoms with Crippen LogP contribution in [0.5, 0.6) is 11.5 Å². The molecular formula is C23H18N4O4S. The molecule has 0 atom stereocenters. The van der Waals surface area contributed by atoms with Crippen LogP contribution in [-0.4, -0.2) is 29.4 Å². The zero-order valence-corrected chi connectivity index (χ0v) is 17.8. The van der Waals surface area contributed by atoms with Crippen LogP contribution >= 0.6 is 11.3 Å². The van der Waals surface area contributed by atoms with E-state index in [9.17, 15) is 15.4 Å². The Morgan fingerprint density at radius 1 is 1.25 bits per heavy atom. The van der Waals surface area contributed by atoms with E-state index < -0.39 is 4.92 Å². The molecule has 0 bridgehead atoms. The zero-order valence-electron chi connectivity index (χ0n) is 17.0. The number of thiophene rings is 1. The molecule has 0 N–H and O–H groups in total. The molecule has 0 unspecified atom stereocenters. The summed E-state index contributed by atoms with van der Waals surface area (Å²) in [5.74, 6) is 0.788. The first kappa shape index (κ1) is 20.2. The fourth-order valence-corrected chi connectivity index (χ4v) is 5.15. The van der Waals surface area contributed by atoms with E-state index in [1.165, 1.54) is 29.2 Å². The van der Waals surface area contributed by atoms with Crippen LogP contribution in [0, 0.1) is 21.4 Å². The largest absolute Gasteiger partial charge is 0.454 e. The van der Waals surface area contributed by atoms with Crippen LogP contribution in [0.15, 0.2) is 47.5 Å². The molecule has 0 saturated heterocycles. The van der Waals surface area contributed by atoms with Gasteiger partial charge in [-0.25, -0.2) is 4.99 Å². The number of hydrogen-bond acceptors (Lipinski definition) is 8. The van der Waals surface area contributed by atoms with Gasteiger partial charge < -0.3 is 9.47 Å². The molecule has 0 aliphatic carbocycles. The topological polar surface area (TPSA) is 101 Å². The number of ether oxygens (including phenoxy) is 2. The number of fused-ring (bicyclic) bond motifs is 2. The number of nitro groups is 1. The molecule has 0 fully saturated rings. The lowest BCUT2D eigenvalue weighted by atomic mass is 10.0. The van der Waals surface area contributed by atoms with Gasteiger partial charge in [0.2, 0.25) is 6.79 Å². The molecule has 8 nitrogen and oxygen atoms in total. The van der Waals surface area contributed by atoms with E-state index in [2.05, 4.69) is 28.1 Å². The van der Waals surface area contributed by atoms with E-state index in [-0.39, 0.29) is 12.5 Å². The Bertz CT molecular complexity index is 1260. The second kappa shape index (κ2) is 8.42. The lowest BCUT2D eigenvalue weighted by Crippen LogP contribution is -2.29. The molecule has 160 valence electrons. The van der Waals surface area contributed by atoms with Crippen molar-refractivity contribution < 1.29 is 14.4 Å². The fraction of sp³-hybridized carbons (Fsp3) is 0.217. The van der Waals surface area contributed by atoms with Crippen molar-refractivity contribution in [3.8, 4) is 17.6 Å². The van der Waals surface area contributed by atoms with Crippen LogP contribution in [-0.2, 0) is 19.5 Å². The number of nitriles is 1. The minimum absolute atomic E-state index is 0.0305. The smallest absolute Gasteiger partial charge is 0.282 e. The van der Waals surface area contributed by atoms with Gasteiger partial charge in [-0.2, -0.15) is 5.26 Å². The highest BCUT2D eigenvalue weighted by atomic mass is 32.1. The number of nitro benzene ring substituents is 1. The molecule has 5 rings (SSSR count). The van der Waals surface area contributed by atoms with E-state index in [0.717, 1.165) is 36.5 Å². The molecule has 2 aromatic carbocycles. The predicted molar refractivity (Wildman–Crippen MR) is 120 cm³/mol. The molecule has 1 aromatic heterocycles. The fourth-order valence-electron chi connectivity index (χ4n) is 3.96. The molecule has 0 amide bonds. The first-order valence-corrected chi connectivity index (χ1v) is 10.9. The Hall–Kier alpha value is -3.74. The maximum atomic E-state index is 11.5. The summed E-state index contributed by atoms with van der Waals surface area (Å²) in [7, 11) is 0. The first-order valence-electron chi connectivity index (χ1n) is 10.1. The maximum absolute atomic E-state index is 11.5. The summed E-state index contributed by atoms with van der Waals surface area (Å²) < 4.78 is 10.6. The Labute approximate surface area is 188 Å². The second-order valence-corrected chi connectivity index (χ2v) is 8.61. The summed E-state index contributed by atoms with van der Waals surface area (Å²) in [4.78, 5) is 19.0. The second-order valence-electron chi connectivity index (χ2n) is 7.52. The van der Waals surface area contributed by atoms with Gasteiger partial charge in [-0.1, -0.05) is 30.3 Å². The molecule has 0 spiro atoms.